The van der Waals surface area contributed by atoms with Gasteiger partial charge in [-0.3, -0.25) is 0 Å². The van der Waals surface area contributed by atoms with Gasteiger partial charge in [-0.15, -0.1) is 0 Å². The van der Waals surface area contributed by atoms with Crippen LogP contribution < -0.4 is 4.90 Å². The minimum atomic E-state index is -0.402. The van der Waals surface area contributed by atoms with Crippen LogP contribution in [-0.4, -0.2) is 11.8 Å². The number of aldehydes is 1. The van der Waals surface area contributed by atoms with Gasteiger partial charge in [-0.25, -0.2) is 0 Å². The molecule has 0 radical (unpaired) electrons. The van der Waals surface area contributed by atoms with Crippen LogP contribution >= 0.6 is 0 Å². The molecule has 16 heavy (non-hydrogen) atoms. The highest BCUT2D eigenvalue weighted by atomic mass is 16.1. The van der Waals surface area contributed by atoms with Crippen LogP contribution in [-0.2, 0) is 4.79 Å². The molecule has 1 heterocycles. The Morgan fingerprint density at radius 3 is 2.62 bits per heavy atom. The van der Waals surface area contributed by atoms with Gasteiger partial charge in [-0.05, 0) is 38.8 Å². The number of hydrogen-bond donors (Lipinski definition) is 0. The molecule has 0 fully saturated rings. The van der Waals surface area contributed by atoms with Gasteiger partial charge in [0, 0.05) is 11.9 Å². The van der Waals surface area contributed by atoms with E-state index in [2.05, 4.69) is 18.0 Å². The zero-order valence-corrected chi connectivity index (χ0v) is 9.81. The third-order valence-electron chi connectivity index (χ3n) is 3.21. The second-order valence-electron chi connectivity index (χ2n) is 4.66. The highest BCUT2D eigenvalue weighted by molar-refractivity contribution is 5.73. The van der Waals surface area contributed by atoms with E-state index in [0.717, 1.165) is 24.8 Å². The van der Waals surface area contributed by atoms with E-state index in [4.69, 9.17) is 0 Å². The molecule has 0 saturated carbocycles. The zero-order chi connectivity index (χ0) is 11.6. The highest BCUT2D eigenvalue weighted by Crippen LogP contribution is 2.32. The molecule has 0 spiro atoms. The quantitative estimate of drug-likeness (QED) is 0.706. The Hall–Kier alpha value is -1.57. The fourth-order valence-electron chi connectivity index (χ4n) is 2.08. The average Bonchev–Trinajstić information content (AvgIpc) is 2.33. The van der Waals surface area contributed by atoms with E-state index in [1.54, 1.807) is 0 Å². The molecule has 0 amide bonds. The molecule has 0 aliphatic carbocycles. The number of hydrogen-bond acceptors (Lipinski definition) is 2. The predicted octanol–water partition coefficient (Wildman–Crippen LogP) is 3.15. The van der Waals surface area contributed by atoms with E-state index in [1.807, 2.05) is 37.3 Å². The topological polar surface area (TPSA) is 20.3 Å². The third-order valence-corrected chi connectivity index (χ3v) is 3.21. The van der Waals surface area contributed by atoms with Crippen LogP contribution in [0.5, 0.6) is 0 Å². The summed E-state index contributed by atoms with van der Waals surface area (Å²) in [5.41, 5.74) is 2.00. The molecule has 1 aliphatic rings. The Labute approximate surface area is 96.6 Å². The van der Waals surface area contributed by atoms with Crippen LogP contribution in [0.2, 0.25) is 0 Å². The second-order valence-corrected chi connectivity index (χ2v) is 4.66. The van der Waals surface area contributed by atoms with Crippen LogP contribution in [0.1, 0.15) is 26.7 Å². The molecule has 1 aromatic rings. The summed E-state index contributed by atoms with van der Waals surface area (Å²) < 4.78 is 0. The van der Waals surface area contributed by atoms with Crippen LogP contribution in [0.15, 0.2) is 42.1 Å². The minimum absolute atomic E-state index is 0.402. The fourth-order valence-corrected chi connectivity index (χ4v) is 2.08. The van der Waals surface area contributed by atoms with Gasteiger partial charge in [-0.1, -0.05) is 23.8 Å². The maximum atomic E-state index is 11.3. The van der Waals surface area contributed by atoms with Gasteiger partial charge < -0.3 is 9.69 Å². The number of nitrogens with zero attached hydrogens (tertiary/aromatic N) is 1. The SMILES string of the molecule is CC1=CN(c2ccccc2)C(C)(C=O)CC1. The summed E-state index contributed by atoms with van der Waals surface area (Å²) in [4.78, 5) is 13.4. The normalized spacial score (nSPS) is 25.1. The number of carbonyl (C=O) groups excluding carboxylic acids is 1. The first-order valence-corrected chi connectivity index (χ1v) is 5.64. The van der Waals surface area contributed by atoms with Crippen molar-refractivity contribution in [2.45, 2.75) is 32.2 Å². The number of benzene rings is 1. The standard InChI is InChI=1S/C14H17NO/c1-12-8-9-14(2,11-16)15(10-12)13-6-4-3-5-7-13/h3-7,10-11H,8-9H2,1-2H3. The van der Waals surface area contributed by atoms with E-state index < -0.39 is 5.54 Å². The van der Waals surface area contributed by atoms with Crippen molar-refractivity contribution < 1.29 is 4.79 Å². The molecular formula is C14H17NO. The first-order chi connectivity index (χ1) is 7.65. The molecule has 0 N–H and O–H groups in total. The molecular weight excluding hydrogens is 198 g/mol. The number of carbonyl (C=O) groups is 1. The number of anilines is 1. The van der Waals surface area contributed by atoms with E-state index in [1.165, 1.54) is 5.57 Å². The number of rotatable bonds is 2. The van der Waals surface area contributed by atoms with Crippen molar-refractivity contribution in [3.05, 3.63) is 42.1 Å². The van der Waals surface area contributed by atoms with Crippen molar-refractivity contribution in [1.82, 2.24) is 0 Å². The first kappa shape index (κ1) is 10.9. The van der Waals surface area contributed by atoms with Gasteiger partial charge in [-0.2, -0.15) is 0 Å². The van der Waals surface area contributed by atoms with Crippen LogP contribution in [0.3, 0.4) is 0 Å². The Morgan fingerprint density at radius 2 is 2.00 bits per heavy atom. The Bertz CT molecular complexity index is 410. The maximum Gasteiger partial charge on any atom is 0.145 e. The largest absolute Gasteiger partial charge is 0.335 e. The summed E-state index contributed by atoms with van der Waals surface area (Å²) in [5.74, 6) is 0. The molecule has 84 valence electrons. The smallest absolute Gasteiger partial charge is 0.145 e. The summed E-state index contributed by atoms with van der Waals surface area (Å²) in [6.45, 7) is 4.11. The molecule has 1 aromatic carbocycles. The Morgan fingerprint density at radius 1 is 1.31 bits per heavy atom. The lowest BCUT2D eigenvalue weighted by Crippen LogP contribution is -2.47. The molecule has 0 aromatic heterocycles. The summed E-state index contributed by atoms with van der Waals surface area (Å²) in [5, 5.41) is 0. The lowest BCUT2D eigenvalue weighted by atomic mass is 9.89. The molecule has 1 aliphatic heterocycles. The van der Waals surface area contributed by atoms with Gasteiger partial charge >= 0.3 is 0 Å². The summed E-state index contributed by atoms with van der Waals surface area (Å²) in [7, 11) is 0. The summed E-state index contributed by atoms with van der Waals surface area (Å²) in [6, 6.07) is 10.1. The Kier molecular flexibility index (Phi) is 2.82. The zero-order valence-electron chi connectivity index (χ0n) is 9.81. The average molecular weight is 215 g/mol. The molecule has 2 nitrogen and oxygen atoms in total. The predicted molar refractivity (Wildman–Crippen MR) is 66.4 cm³/mol. The molecule has 2 rings (SSSR count). The van der Waals surface area contributed by atoms with Crippen molar-refractivity contribution in [2.24, 2.45) is 0 Å². The number of allylic oxidation sites excluding steroid dienone is 1. The van der Waals surface area contributed by atoms with Gasteiger partial charge in [0.25, 0.3) is 0 Å². The van der Waals surface area contributed by atoms with Gasteiger partial charge in [0.1, 0.15) is 6.29 Å². The molecule has 2 heteroatoms. The Balaban J connectivity index is 2.43. The maximum absolute atomic E-state index is 11.3. The molecule has 1 atom stereocenters. The van der Waals surface area contributed by atoms with Crippen molar-refractivity contribution in [3.8, 4) is 0 Å². The summed E-state index contributed by atoms with van der Waals surface area (Å²) in [6.07, 6.45) is 5.03. The van der Waals surface area contributed by atoms with E-state index in [-0.39, 0.29) is 0 Å². The third kappa shape index (κ3) is 1.87. The summed E-state index contributed by atoms with van der Waals surface area (Å²) >= 11 is 0. The molecule has 0 saturated heterocycles. The van der Waals surface area contributed by atoms with Crippen LogP contribution in [0.4, 0.5) is 5.69 Å². The lowest BCUT2D eigenvalue weighted by Gasteiger charge is -2.40. The molecule has 1 unspecified atom stereocenters. The minimum Gasteiger partial charge on any atom is -0.335 e. The van der Waals surface area contributed by atoms with Gasteiger partial charge in [0.05, 0.1) is 5.54 Å². The van der Waals surface area contributed by atoms with Crippen LogP contribution in [0.25, 0.3) is 0 Å². The van der Waals surface area contributed by atoms with Gasteiger partial charge in [0.2, 0.25) is 0 Å². The van der Waals surface area contributed by atoms with Crippen molar-refractivity contribution in [1.29, 1.82) is 0 Å². The highest BCUT2D eigenvalue weighted by Gasteiger charge is 2.33. The van der Waals surface area contributed by atoms with E-state index >= 15 is 0 Å². The van der Waals surface area contributed by atoms with Crippen molar-refractivity contribution in [3.63, 3.8) is 0 Å². The van der Waals surface area contributed by atoms with E-state index in [0.29, 0.717) is 0 Å². The lowest BCUT2D eigenvalue weighted by molar-refractivity contribution is -0.112. The fraction of sp³-hybridized carbons (Fsp3) is 0.357. The van der Waals surface area contributed by atoms with Gasteiger partial charge in [0.15, 0.2) is 0 Å². The van der Waals surface area contributed by atoms with Crippen LogP contribution in [0, 0.1) is 0 Å². The van der Waals surface area contributed by atoms with E-state index in [9.17, 15) is 4.79 Å². The second kappa shape index (κ2) is 4.12. The monoisotopic (exact) mass is 215 g/mol. The molecule has 0 bridgehead atoms. The number of para-hydroxylation sites is 1. The first-order valence-electron chi connectivity index (χ1n) is 5.64. The van der Waals surface area contributed by atoms with Crippen molar-refractivity contribution in [2.75, 3.05) is 4.90 Å². The van der Waals surface area contributed by atoms with Crippen molar-refractivity contribution >= 4 is 12.0 Å².